The van der Waals surface area contributed by atoms with Crippen LogP contribution in [0.2, 0.25) is 0 Å². The molecule has 4 heteroatoms. The topological polar surface area (TPSA) is 24.9 Å². The van der Waals surface area contributed by atoms with E-state index in [1.807, 2.05) is 11.4 Å². The average Bonchev–Trinajstić information content (AvgIpc) is 2.64. The van der Waals surface area contributed by atoms with Gasteiger partial charge in [0.05, 0.1) is 0 Å². The molecule has 16 heavy (non-hydrogen) atoms. The zero-order valence-electron chi connectivity index (χ0n) is 9.20. The fourth-order valence-electron chi connectivity index (χ4n) is 1.54. The van der Waals surface area contributed by atoms with Gasteiger partial charge in [-0.25, -0.2) is 4.98 Å². The van der Waals surface area contributed by atoms with Gasteiger partial charge in [-0.1, -0.05) is 32.0 Å². The van der Waals surface area contributed by atoms with E-state index in [4.69, 9.17) is 0 Å². The SMILES string of the molecule is CC(C)c1ccccc1Nc1nc(Br)cs1. The minimum absolute atomic E-state index is 0.507. The molecular formula is C12H13BrN2S. The molecule has 0 bridgehead atoms. The Bertz CT molecular complexity index is 479. The van der Waals surface area contributed by atoms with Crippen LogP contribution in [-0.2, 0) is 0 Å². The molecule has 0 radical (unpaired) electrons. The quantitative estimate of drug-likeness (QED) is 0.882. The number of aromatic nitrogens is 1. The van der Waals surface area contributed by atoms with Crippen LogP contribution in [-0.4, -0.2) is 4.98 Å². The molecule has 1 aromatic heterocycles. The van der Waals surface area contributed by atoms with Crippen molar-refractivity contribution in [2.24, 2.45) is 0 Å². The zero-order chi connectivity index (χ0) is 11.5. The van der Waals surface area contributed by atoms with E-state index in [2.05, 4.69) is 58.3 Å². The second kappa shape index (κ2) is 4.97. The number of rotatable bonds is 3. The van der Waals surface area contributed by atoms with Crippen LogP contribution in [0.4, 0.5) is 10.8 Å². The van der Waals surface area contributed by atoms with Gasteiger partial charge in [0.1, 0.15) is 4.60 Å². The second-order valence-corrected chi connectivity index (χ2v) is 5.51. The third-order valence-electron chi connectivity index (χ3n) is 2.30. The number of benzene rings is 1. The van der Waals surface area contributed by atoms with Crippen LogP contribution in [0.1, 0.15) is 25.3 Å². The Kier molecular flexibility index (Phi) is 3.61. The van der Waals surface area contributed by atoms with Crippen molar-refractivity contribution >= 4 is 38.1 Å². The normalized spacial score (nSPS) is 10.8. The van der Waals surface area contributed by atoms with E-state index in [1.54, 1.807) is 11.3 Å². The number of hydrogen-bond donors (Lipinski definition) is 1. The highest BCUT2D eigenvalue weighted by atomic mass is 79.9. The van der Waals surface area contributed by atoms with Gasteiger partial charge in [0.15, 0.2) is 5.13 Å². The first-order valence-electron chi connectivity index (χ1n) is 5.14. The lowest BCUT2D eigenvalue weighted by atomic mass is 10.0. The largest absolute Gasteiger partial charge is 0.331 e. The van der Waals surface area contributed by atoms with Gasteiger partial charge in [-0.15, -0.1) is 11.3 Å². The summed E-state index contributed by atoms with van der Waals surface area (Å²) in [5, 5.41) is 6.24. The lowest BCUT2D eigenvalue weighted by Crippen LogP contribution is -1.96. The van der Waals surface area contributed by atoms with E-state index in [-0.39, 0.29) is 0 Å². The first-order chi connectivity index (χ1) is 7.66. The molecule has 0 spiro atoms. The standard InChI is InChI=1S/C12H13BrN2S/c1-8(2)9-5-3-4-6-10(9)14-12-15-11(13)7-16-12/h3-8H,1-2H3,(H,14,15). The van der Waals surface area contributed by atoms with Gasteiger partial charge >= 0.3 is 0 Å². The van der Waals surface area contributed by atoms with Gasteiger partial charge in [0, 0.05) is 11.1 Å². The van der Waals surface area contributed by atoms with Gasteiger partial charge in [-0.05, 0) is 33.5 Å². The van der Waals surface area contributed by atoms with Crippen molar-refractivity contribution in [2.45, 2.75) is 19.8 Å². The highest BCUT2D eigenvalue weighted by Gasteiger charge is 2.07. The van der Waals surface area contributed by atoms with Crippen molar-refractivity contribution in [3.63, 3.8) is 0 Å². The van der Waals surface area contributed by atoms with E-state index in [9.17, 15) is 0 Å². The van der Waals surface area contributed by atoms with E-state index in [0.717, 1.165) is 15.4 Å². The molecule has 84 valence electrons. The summed E-state index contributed by atoms with van der Waals surface area (Å²) in [6, 6.07) is 8.34. The molecule has 1 heterocycles. The summed E-state index contributed by atoms with van der Waals surface area (Å²) < 4.78 is 0.877. The summed E-state index contributed by atoms with van der Waals surface area (Å²) in [6.45, 7) is 4.39. The number of thiazole rings is 1. The lowest BCUT2D eigenvalue weighted by molar-refractivity contribution is 0.869. The lowest BCUT2D eigenvalue weighted by Gasteiger charge is -2.12. The highest BCUT2D eigenvalue weighted by Crippen LogP contribution is 2.29. The van der Waals surface area contributed by atoms with Gasteiger partial charge in [0.25, 0.3) is 0 Å². The van der Waals surface area contributed by atoms with Crippen LogP contribution < -0.4 is 5.32 Å². The van der Waals surface area contributed by atoms with Crippen molar-refractivity contribution in [3.8, 4) is 0 Å². The molecule has 0 aliphatic carbocycles. The predicted molar refractivity (Wildman–Crippen MR) is 73.6 cm³/mol. The molecule has 0 atom stereocenters. The Morgan fingerprint density at radius 1 is 1.31 bits per heavy atom. The van der Waals surface area contributed by atoms with Crippen LogP contribution in [0, 0.1) is 0 Å². The van der Waals surface area contributed by atoms with Crippen LogP contribution in [0.5, 0.6) is 0 Å². The van der Waals surface area contributed by atoms with E-state index < -0.39 is 0 Å². The van der Waals surface area contributed by atoms with Gasteiger partial charge in [0.2, 0.25) is 0 Å². The molecule has 1 aromatic carbocycles. The summed E-state index contributed by atoms with van der Waals surface area (Å²) in [6.07, 6.45) is 0. The molecule has 0 unspecified atom stereocenters. The molecule has 2 rings (SSSR count). The Morgan fingerprint density at radius 3 is 2.69 bits per heavy atom. The number of halogens is 1. The van der Waals surface area contributed by atoms with Crippen LogP contribution >= 0.6 is 27.3 Å². The fourth-order valence-corrected chi connectivity index (χ4v) is 2.70. The number of hydrogen-bond acceptors (Lipinski definition) is 3. The molecule has 0 aliphatic heterocycles. The Labute approximate surface area is 108 Å². The molecule has 2 aromatic rings. The molecule has 0 saturated carbocycles. The van der Waals surface area contributed by atoms with Crippen molar-refractivity contribution in [1.29, 1.82) is 0 Å². The van der Waals surface area contributed by atoms with Crippen molar-refractivity contribution in [1.82, 2.24) is 4.98 Å². The zero-order valence-corrected chi connectivity index (χ0v) is 11.6. The molecule has 1 N–H and O–H groups in total. The van der Waals surface area contributed by atoms with Crippen LogP contribution in [0.15, 0.2) is 34.2 Å². The summed E-state index contributed by atoms with van der Waals surface area (Å²) in [4.78, 5) is 4.33. The summed E-state index contributed by atoms with van der Waals surface area (Å²) in [5.74, 6) is 0.507. The Hall–Kier alpha value is -0.870. The maximum absolute atomic E-state index is 4.33. The minimum atomic E-state index is 0.507. The number of nitrogens with zero attached hydrogens (tertiary/aromatic N) is 1. The molecule has 2 nitrogen and oxygen atoms in total. The van der Waals surface area contributed by atoms with E-state index in [0.29, 0.717) is 5.92 Å². The van der Waals surface area contributed by atoms with E-state index in [1.165, 1.54) is 5.56 Å². The van der Waals surface area contributed by atoms with Gasteiger partial charge < -0.3 is 5.32 Å². The van der Waals surface area contributed by atoms with Crippen LogP contribution in [0.25, 0.3) is 0 Å². The molecule has 0 aliphatic rings. The minimum Gasteiger partial charge on any atom is -0.331 e. The van der Waals surface area contributed by atoms with Crippen LogP contribution in [0.3, 0.4) is 0 Å². The van der Waals surface area contributed by atoms with Gasteiger partial charge in [-0.3, -0.25) is 0 Å². The number of para-hydroxylation sites is 1. The molecule has 0 amide bonds. The average molecular weight is 297 g/mol. The van der Waals surface area contributed by atoms with Crippen molar-refractivity contribution in [2.75, 3.05) is 5.32 Å². The Balaban J connectivity index is 2.27. The molecule has 0 fully saturated rings. The van der Waals surface area contributed by atoms with Crippen molar-refractivity contribution in [3.05, 3.63) is 39.8 Å². The maximum Gasteiger partial charge on any atom is 0.188 e. The first-order valence-corrected chi connectivity index (χ1v) is 6.81. The third-order valence-corrected chi connectivity index (χ3v) is 3.77. The summed E-state index contributed by atoms with van der Waals surface area (Å²) >= 11 is 4.95. The summed E-state index contributed by atoms with van der Waals surface area (Å²) in [7, 11) is 0. The van der Waals surface area contributed by atoms with E-state index >= 15 is 0 Å². The smallest absolute Gasteiger partial charge is 0.188 e. The van der Waals surface area contributed by atoms with Crippen molar-refractivity contribution < 1.29 is 0 Å². The first kappa shape index (κ1) is 11.6. The fraction of sp³-hybridized carbons (Fsp3) is 0.250. The number of nitrogens with one attached hydrogen (secondary N) is 1. The molecule has 0 saturated heterocycles. The van der Waals surface area contributed by atoms with Gasteiger partial charge in [-0.2, -0.15) is 0 Å². The monoisotopic (exact) mass is 296 g/mol. The second-order valence-electron chi connectivity index (χ2n) is 3.84. The maximum atomic E-state index is 4.33. The predicted octanol–water partition coefficient (Wildman–Crippen LogP) is 4.77. The summed E-state index contributed by atoms with van der Waals surface area (Å²) in [5.41, 5.74) is 2.45. The Morgan fingerprint density at radius 2 is 2.06 bits per heavy atom. The molecular weight excluding hydrogens is 284 g/mol. The number of anilines is 2. The third kappa shape index (κ3) is 2.62. The highest BCUT2D eigenvalue weighted by molar-refractivity contribution is 9.10.